The number of anilines is 1. The van der Waals surface area contributed by atoms with Crippen LogP contribution in [0.2, 0.25) is 0 Å². The second kappa shape index (κ2) is 6.49. The molecule has 0 fully saturated rings. The van der Waals surface area contributed by atoms with Gasteiger partial charge in [-0.3, -0.25) is 0 Å². The van der Waals surface area contributed by atoms with E-state index in [-0.39, 0.29) is 11.4 Å². The fourth-order valence-electron chi connectivity index (χ4n) is 1.32. The summed E-state index contributed by atoms with van der Waals surface area (Å²) in [6, 6.07) is 7.65. The molecule has 0 aliphatic carbocycles. The van der Waals surface area contributed by atoms with E-state index in [1.165, 1.54) is 18.2 Å². The molecule has 1 aromatic rings. The molecule has 0 atom stereocenters. The first-order chi connectivity index (χ1) is 9.89. The van der Waals surface area contributed by atoms with Crippen LogP contribution in [0, 0.1) is 39.8 Å². The van der Waals surface area contributed by atoms with Gasteiger partial charge in [0.25, 0.3) is 0 Å². The van der Waals surface area contributed by atoms with Gasteiger partial charge in [-0.1, -0.05) is 0 Å². The second-order valence-electron chi connectivity index (χ2n) is 3.56. The predicted molar refractivity (Wildman–Crippen MR) is 70.1 cm³/mol. The van der Waals surface area contributed by atoms with Crippen LogP contribution in [0.4, 0.5) is 10.1 Å². The maximum Gasteiger partial charge on any atom is 0.243 e. The number of benzene rings is 1. The Balaban J connectivity index is 3.35. The highest BCUT2D eigenvalue weighted by molar-refractivity contribution is 7.89. The Kier molecular flexibility index (Phi) is 4.98. The molecule has 0 amide bonds. The molecule has 0 radical (unpaired) electrons. The van der Waals surface area contributed by atoms with E-state index in [1.54, 1.807) is 6.07 Å². The number of nitriles is 3. The molecule has 0 spiro atoms. The number of halogens is 1. The average Bonchev–Trinajstić information content (AvgIpc) is 2.48. The molecule has 0 saturated heterocycles. The largest absolute Gasteiger partial charge is 0.345 e. The number of allylic oxidation sites excluding steroid dienone is 2. The van der Waals surface area contributed by atoms with E-state index in [2.05, 4.69) is 5.32 Å². The first-order valence-electron chi connectivity index (χ1n) is 5.34. The van der Waals surface area contributed by atoms with Crippen molar-refractivity contribution >= 4 is 15.7 Å². The van der Waals surface area contributed by atoms with E-state index >= 15 is 0 Å². The van der Waals surface area contributed by atoms with E-state index in [1.807, 2.05) is 4.72 Å². The molecule has 0 aliphatic heterocycles. The molecule has 0 bridgehead atoms. The van der Waals surface area contributed by atoms with Crippen LogP contribution in [-0.4, -0.2) is 15.5 Å². The van der Waals surface area contributed by atoms with Gasteiger partial charge in [0, 0.05) is 5.69 Å². The summed E-state index contributed by atoms with van der Waals surface area (Å²) in [5.41, 5.74) is -0.788. The Hall–Kier alpha value is -2.93. The summed E-state index contributed by atoms with van der Waals surface area (Å²) in [7, 11) is -2.90. The molecule has 0 saturated carbocycles. The van der Waals surface area contributed by atoms with Gasteiger partial charge in [-0.2, -0.15) is 15.8 Å². The molecule has 106 valence electrons. The summed E-state index contributed by atoms with van der Waals surface area (Å²) in [6.45, 7) is 0. The Morgan fingerprint density at radius 2 is 1.81 bits per heavy atom. The summed E-state index contributed by atoms with van der Waals surface area (Å²) in [4.78, 5) is -0.622. The van der Waals surface area contributed by atoms with Crippen LogP contribution >= 0.6 is 0 Å². The van der Waals surface area contributed by atoms with Crippen molar-refractivity contribution in [2.75, 3.05) is 12.4 Å². The van der Waals surface area contributed by atoms with Crippen LogP contribution in [0.5, 0.6) is 0 Å². The number of nitrogens with zero attached hydrogens (tertiary/aromatic N) is 3. The minimum Gasteiger partial charge on any atom is -0.345 e. The van der Waals surface area contributed by atoms with Crippen LogP contribution in [0.15, 0.2) is 34.4 Å². The van der Waals surface area contributed by atoms with Crippen molar-refractivity contribution in [1.82, 2.24) is 4.72 Å². The minimum absolute atomic E-state index is 0.0461. The first kappa shape index (κ1) is 16.1. The van der Waals surface area contributed by atoms with Crippen molar-refractivity contribution in [3.8, 4) is 18.2 Å². The van der Waals surface area contributed by atoms with E-state index in [0.29, 0.717) is 0 Å². The number of rotatable bonds is 4. The van der Waals surface area contributed by atoms with E-state index in [0.717, 1.165) is 19.2 Å². The van der Waals surface area contributed by atoms with Crippen molar-refractivity contribution in [1.29, 1.82) is 15.8 Å². The van der Waals surface area contributed by atoms with Gasteiger partial charge in [0.1, 0.15) is 34.6 Å². The van der Waals surface area contributed by atoms with Crippen molar-refractivity contribution in [2.24, 2.45) is 0 Å². The molecular weight excluding hydrogens is 297 g/mol. The topological polar surface area (TPSA) is 130 Å². The Morgan fingerprint density at radius 1 is 1.19 bits per heavy atom. The van der Waals surface area contributed by atoms with Crippen molar-refractivity contribution in [3.63, 3.8) is 0 Å². The molecule has 0 unspecified atom stereocenters. The second-order valence-corrected chi connectivity index (χ2v) is 5.42. The number of hydrogen-bond donors (Lipinski definition) is 2. The van der Waals surface area contributed by atoms with Gasteiger partial charge >= 0.3 is 0 Å². The molecule has 9 heteroatoms. The first-order valence-corrected chi connectivity index (χ1v) is 6.82. The average molecular weight is 305 g/mol. The summed E-state index contributed by atoms with van der Waals surface area (Å²) in [6.07, 6.45) is 0. The van der Waals surface area contributed by atoms with Gasteiger partial charge in [-0.15, -0.1) is 0 Å². The Morgan fingerprint density at radius 3 is 2.29 bits per heavy atom. The predicted octanol–water partition coefficient (Wildman–Crippen LogP) is 0.971. The molecule has 0 aromatic heterocycles. The Labute approximate surface area is 120 Å². The van der Waals surface area contributed by atoms with Crippen LogP contribution in [0.25, 0.3) is 0 Å². The third kappa shape index (κ3) is 3.54. The van der Waals surface area contributed by atoms with Gasteiger partial charge in [0.2, 0.25) is 10.0 Å². The van der Waals surface area contributed by atoms with E-state index in [4.69, 9.17) is 15.8 Å². The lowest BCUT2D eigenvalue weighted by atomic mass is 10.2. The van der Waals surface area contributed by atoms with Crippen LogP contribution in [0.1, 0.15) is 0 Å². The molecular formula is C12H8FN5O2S. The zero-order valence-electron chi connectivity index (χ0n) is 10.7. The minimum atomic E-state index is -4.02. The normalized spacial score (nSPS) is 9.86. The van der Waals surface area contributed by atoms with Crippen LogP contribution in [-0.2, 0) is 10.0 Å². The summed E-state index contributed by atoms with van der Waals surface area (Å²) < 4.78 is 38.7. The summed E-state index contributed by atoms with van der Waals surface area (Å²) >= 11 is 0. The highest BCUT2D eigenvalue weighted by atomic mass is 32.2. The third-order valence-corrected chi connectivity index (χ3v) is 3.77. The molecule has 0 heterocycles. The monoisotopic (exact) mass is 305 g/mol. The zero-order chi connectivity index (χ0) is 16.0. The Bertz CT molecular complexity index is 809. The van der Waals surface area contributed by atoms with Gasteiger partial charge < -0.3 is 5.32 Å². The number of nitrogens with one attached hydrogen (secondary N) is 2. The number of hydrogen-bond acceptors (Lipinski definition) is 6. The fraction of sp³-hybridized carbons (Fsp3) is 0.0833. The highest BCUT2D eigenvalue weighted by Crippen LogP contribution is 2.21. The van der Waals surface area contributed by atoms with Gasteiger partial charge in [0.15, 0.2) is 5.57 Å². The van der Waals surface area contributed by atoms with Crippen molar-refractivity contribution in [3.05, 3.63) is 35.3 Å². The quantitative estimate of drug-likeness (QED) is 0.797. The SMILES string of the molecule is CNS(=O)(=O)c1cc(NC(C#N)=C(C#N)C#N)ccc1F. The van der Waals surface area contributed by atoms with Crippen LogP contribution < -0.4 is 10.0 Å². The number of sulfonamides is 1. The van der Waals surface area contributed by atoms with Gasteiger partial charge in [-0.05, 0) is 25.2 Å². The molecule has 1 rings (SSSR count). The smallest absolute Gasteiger partial charge is 0.243 e. The van der Waals surface area contributed by atoms with Crippen molar-refractivity contribution in [2.45, 2.75) is 4.90 Å². The summed E-state index contributed by atoms with van der Waals surface area (Å²) in [5.74, 6) is -0.974. The maximum atomic E-state index is 13.5. The third-order valence-electron chi connectivity index (χ3n) is 2.34. The van der Waals surface area contributed by atoms with Gasteiger partial charge in [0.05, 0.1) is 0 Å². The van der Waals surface area contributed by atoms with Crippen LogP contribution in [0.3, 0.4) is 0 Å². The lowest BCUT2D eigenvalue weighted by Crippen LogP contribution is -2.20. The highest BCUT2D eigenvalue weighted by Gasteiger charge is 2.18. The molecule has 1 aromatic carbocycles. The zero-order valence-corrected chi connectivity index (χ0v) is 11.5. The standard InChI is InChI=1S/C12H8FN5O2S/c1-17-21(19,20)12-4-9(2-3-10(12)13)18-11(7-16)8(5-14)6-15/h2-4,17-18H,1H3. The maximum absolute atomic E-state index is 13.5. The fourth-order valence-corrected chi connectivity index (χ4v) is 2.15. The molecule has 2 N–H and O–H groups in total. The molecule has 21 heavy (non-hydrogen) atoms. The lowest BCUT2D eigenvalue weighted by molar-refractivity contribution is 0.562. The lowest BCUT2D eigenvalue weighted by Gasteiger charge is -2.08. The molecule has 0 aliphatic rings. The van der Waals surface area contributed by atoms with Gasteiger partial charge in [-0.25, -0.2) is 17.5 Å². The van der Waals surface area contributed by atoms with Crippen molar-refractivity contribution < 1.29 is 12.8 Å². The van der Waals surface area contributed by atoms with E-state index in [9.17, 15) is 12.8 Å². The van der Waals surface area contributed by atoms with E-state index < -0.39 is 26.3 Å². The summed E-state index contributed by atoms with van der Waals surface area (Å²) in [5, 5.41) is 28.7. The molecule has 7 nitrogen and oxygen atoms in total.